The smallest absolute Gasteiger partial charge is 0.358 e. The van der Waals surface area contributed by atoms with E-state index in [2.05, 4.69) is 21.1 Å². The van der Waals surface area contributed by atoms with Gasteiger partial charge in [-0.25, -0.2) is 4.79 Å². The molecule has 0 fully saturated rings. The van der Waals surface area contributed by atoms with Crippen molar-refractivity contribution in [2.45, 2.75) is 10.6 Å². The molecule has 0 radical (unpaired) electrons. The maximum absolute atomic E-state index is 10.6. The molecule has 0 spiro atoms. The molecule has 1 heterocycles. The predicted molar refractivity (Wildman–Crippen MR) is 67.2 cm³/mol. The topological polar surface area (TPSA) is 63.3 Å². The van der Waals surface area contributed by atoms with E-state index in [1.54, 1.807) is 11.8 Å². The minimum absolute atomic E-state index is 0.0589. The van der Waals surface area contributed by atoms with Gasteiger partial charge in [-0.3, -0.25) is 0 Å². The van der Waals surface area contributed by atoms with Crippen LogP contribution in [0.3, 0.4) is 0 Å². The van der Waals surface area contributed by atoms with Crippen LogP contribution >= 0.6 is 27.7 Å². The third-order valence-electron chi connectivity index (χ3n) is 1.97. The highest BCUT2D eigenvalue weighted by atomic mass is 79.9. The molecule has 0 saturated carbocycles. The highest BCUT2D eigenvalue weighted by molar-refractivity contribution is 9.10. The summed E-state index contributed by atoms with van der Waals surface area (Å²) in [6, 6.07) is 9.29. The Balaban J connectivity index is 1.97. The van der Waals surface area contributed by atoms with Crippen LogP contribution in [0.4, 0.5) is 0 Å². The molecule has 1 aromatic carbocycles. The number of hydrogen-bond acceptors (Lipinski definition) is 4. The fraction of sp³-hybridized carbons (Fsp3) is 0.0909. The summed E-state index contributed by atoms with van der Waals surface area (Å²) in [5, 5.41) is 12.1. The first-order valence-corrected chi connectivity index (χ1v) is 6.50. The lowest BCUT2D eigenvalue weighted by Crippen LogP contribution is -1.94. The summed E-state index contributed by atoms with van der Waals surface area (Å²) in [4.78, 5) is 11.7. The minimum Gasteiger partial charge on any atom is -0.476 e. The van der Waals surface area contributed by atoms with Gasteiger partial charge in [-0.2, -0.15) is 0 Å². The van der Waals surface area contributed by atoms with E-state index in [0.29, 0.717) is 11.5 Å². The monoisotopic (exact) mass is 313 g/mol. The maximum atomic E-state index is 10.6. The van der Waals surface area contributed by atoms with Crippen molar-refractivity contribution in [3.8, 4) is 0 Å². The second-order valence-electron chi connectivity index (χ2n) is 3.23. The number of halogens is 1. The first-order chi connectivity index (χ1) is 8.15. The third kappa shape index (κ3) is 3.34. The standard InChI is InChI=1S/C11H8BrNO3S/c12-7-1-3-9(4-2-7)17-6-8-5-10(11(14)15)13-16-8/h1-5H,6H2,(H,14,15). The molecule has 17 heavy (non-hydrogen) atoms. The first-order valence-electron chi connectivity index (χ1n) is 4.72. The number of carbonyl (C=O) groups is 1. The highest BCUT2D eigenvalue weighted by Gasteiger charge is 2.10. The van der Waals surface area contributed by atoms with Crippen LogP contribution in [-0.4, -0.2) is 16.2 Å². The lowest BCUT2D eigenvalue weighted by atomic mass is 10.4. The zero-order valence-electron chi connectivity index (χ0n) is 8.59. The molecule has 0 unspecified atom stereocenters. The Bertz CT molecular complexity index is 524. The summed E-state index contributed by atoms with van der Waals surface area (Å²) < 4.78 is 5.93. The number of benzene rings is 1. The number of hydrogen-bond donors (Lipinski definition) is 1. The molecule has 0 aliphatic carbocycles. The summed E-state index contributed by atoms with van der Waals surface area (Å²) in [5.74, 6) is 0.0333. The number of aromatic carboxylic acids is 1. The van der Waals surface area contributed by atoms with E-state index in [1.165, 1.54) is 6.07 Å². The molecule has 1 aromatic heterocycles. The van der Waals surface area contributed by atoms with E-state index in [9.17, 15) is 4.79 Å². The Labute approximate surface area is 110 Å². The molecule has 0 bridgehead atoms. The van der Waals surface area contributed by atoms with Crippen molar-refractivity contribution in [1.29, 1.82) is 0 Å². The summed E-state index contributed by atoms with van der Waals surface area (Å²) in [6.07, 6.45) is 0. The first kappa shape index (κ1) is 12.2. The summed E-state index contributed by atoms with van der Waals surface area (Å²) >= 11 is 4.92. The number of carboxylic acid groups (broad SMARTS) is 1. The van der Waals surface area contributed by atoms with Gasteiger partial charge in [0.2, 0.25) is 0 Å². The fourth-order valence-corrected chi connectivity index (χ4v) is 2.20. The molecule has 6 heteroatoms. The molecule has 0 aliphatic rings. The van der Waals surface area contributed by atoms with Crippen molar-refractivity contribution < 1.29 is 14.4 Å². The van der Waals surface area contributed by atoms with E-state index in [4.69, 9.17) is 9.63 Å². The Morgan fingerprint density at radius 2 is 2.12 bits per heavy atom. The molecule has 0 saturated heterocycles. The molecular weight excluding hydrogens is 306 g/mol. The van der Waals surface area contributed by atoms with Gasteiger partial charge >= 0.3 is 5.97 Å². The third-order valence-corrected chi connectivity index (χ3v) is 3.54. The number of nitrogens with zero attached hydrogens (tertiary/aromatic N) is 1. The van der Waals surface area contributed by atoms with Crippen LogP contribution in [0.15, 0.2) is 44.2 Å². The normalized spacial score (nSPS) is 10.4. The zero-order chi connectivity index (χ0) is 12.3. The molecule has 88 valence electrons. The molecule has 2 aromatic rings. The average Bonchev–Trinajstić information content (AvgIpc) is 2.77. The SMILES string of the molecule is O=C(O)c1cc(CSc2ccc(Br)cc2)on1. The largest absolute Gasteiger partial charge is 0.476 e. The molecule has 1 N–H and O–H groups in total. The van der Waals surface area contributed by atoms with Crippen LogP contribution in [-0.2, 0) is 5.75 Å². The van der Waals surface area contributed by atoms with Crippen LogP contribution in [0.25, 0.3) is 0 Å². The number of aromatic nitrogens is 1. The Hall–Kier alpha value is -1.27. The molecule has 0 amide bonds. The minimum atomic E-state index is -1.08. The Kier molecular flexibility index (Phi) is 3.86. The van der Waals surface area contributed by atoms with Crippen molar-refractivity contribution in [2.75, 3.05) is 0 Å². The van der Waals surface area contributed by atoms with Crippen molar-refractivity contribution in [3.05, 3.63) is 46.3 Å². The van der Waals surface area contributed by atoms with Gasteiger partial charge in [-0.05, 0) is 24.3 Å². The summed E-state index contributed by atoms with van der Waals surface area (Å²) in [6.45, 7) is 0. The van der Waals surface area contributed by atoms with Crippen molar-refractivity contribution in [3.63, 3.8) is 0 Å². The number of thioether (sulfide) groups is 1. The van der Waals surface area contributed by atoms with Gasteiger partial charge in [0.05, 0.1) is 5.75 Å². The van der Waals surface area contributed by atoms with E-state index in [-0.39, 0.29) is 5.69 Å². The molecule has 4 nitrogen and oxygen atoms in total. The van der Waals surface area contributed by atoms with Gasteiger partial charge < -0.3 is 9.63 Å². The van der Waals surface area contributed by atoms with Crippen molar-refractivity contribution in [2.24, 2.45) is 0 Å². The zero-order valence-corrected chi connectivity index (χ0v) is 11.0. The average molecular weight is 314 g/mol. The Morgan fingerprint density at radius 1 is 1.41 bits per heavy atom. The van der Waals surface area contributed by atoms with Gasteiger partial charge in [-0.1, -0.05) is 21.1 Å². The molecule has 0 atom stereocenters. The van der Waals surface area contributed by atoms with Crippen molar-refractivity contribution in [1.82, 2.24) is 5.16 Å². The van der Waals surface area contributed by atoms with Crippen LogP contribution < -0.4 is 0 Å². The van der Waals surface area contributed by atoms with Gasteiger partial charge in [0.25, 0.3) is 0 Å². The van der Waals surface area contributed by atoms with Gasteiger partial charge in [-0.15, -0.1) is 11.8 Å². The molecule has 0 aliphatic heterocycles. The van der Waals surface area contributed by atoms with Crippen molar-refractivity contribution >= 4 is 33.7 Å². The van der Waals surface area contributed by atoms with E-state index < -0.39 is 5.97 Å². The van der Waals surface area contributed by atoms with Crippen LogP contribution in [0.5, 0.6) is 0 Å². The van der Waals surface area contributed by atoms with Crippen LogP contribution in [0.2, 0.25) is 0 Å². The van der Waals surface area contributed by atoms with E-state index >= 15 is 0 Å². The van der Waals surface area contributed by atoms with E-state index in [0.717, 1.165) is 9.37 Å². The lowest BCUT2D eigenvalue weighted by Gasteiger charge is -1.98. The molecular formula is C11H8BrNO3S. The lowest BCUT2D eigenvalue weighted by molar-refractivity contribution is 0.0685. The van der Waals surface area contributed by atoms with Gasteiger partial charge in [0.1, 0.15) is 5.76 Å². The quantitative estimate of drug-likeness (QED) is 0.876. The summed E-state index contributed by atoms with van der Waals surface area (Å²) in [5.41, 5.74) is -0.0589. The van der Waals surface area contributed by atoms with Gasteiger partial charge in [0.15, 0.2) is 5.69 Å². The highest BCUT2D eigenvalue weighted by Crippen LogP contribution is 2.24. The van der Waals surface area contributed by atoms with Crippen LogP contribution in [0, 0.1) is 0 Å². The second-order valence-corrected chi connectivity index (χ2v) is 5.19. The maximum Gasteiger partial charge on any atom is 0.358 e. The summed E-state index contributed by atoms with van der Waals surface area (Å²) in [7, 11) is 0. The second kappa shape index (κ2) is 5.37. The number of carboxylic acids is 1. The predicted octanol–water partition coefficient (Wildman–Crippen LogP) is 3.43. The Morgan fingerprint density at radius 3 is 2.71 bits per heavy atom. The van der Waals surface area contributed by atoms with Gasteiger partial charge in [0, 0.05) is 15.4 Å². The van der Waals surface area contributed by atoms with E-state index in [1.807, 2.05) is 24.3 Å². The molecule has 2 rings (SSSR count). The fourth-order valence-electron chi connectivity index (χ4n) is 1.17. The van der Waals surface area contributed by atoms with Crippen LogP contribution in [0.1, 0.15) is 16.2 Å². The number of rotatable bonds is 4.